The van der Waals surface area contributed by atoms with Crippen molar-refractivity contribution in [3.63, 3.8) is 0 Å². The number of carbonyl (C=O) groups is 1. The summed E-state index contributed by atoms with van der Waals surface area (Å²) < 4.78 is 19.3. The van der Waals surface area contributed by atoms with Crippen molar-refractivity contribution in [3.05, 3.63) is 88.8 Å². The number of halogens is 1. The number of anilines is 1. The predicted octanol–water partition coefficient (Wildman–Crippen LogP) is 4.66. The first-order valence-electron chi connectivity index (χ1n) is 10.3. The van der Waals surface area contributed by atoms with Crippen molar-refractivity contribution in [2.75, 3.05) is 25.0 Å². The molecule has 0 saturated carbocycles. The van der Waals surface area contributed by atoms with E-state index >= 15 is 0 Å². The fraction of sp³-hybridized carbons (Fsp3) is 0.208. The summed E-state index contributed by atoms with van der Waals surface area (Å²) in [5.74, 6) is -0.462. The number of fused-ring (bicyclic) bond motifs is 1. The van der Waals surface area contributed by atoms with Gasteiger partial charge in [-0.1, -0.05) is 30.3 Å². The molecule has 1 unspecified atom stereocenters. The number of aromatic nitrogens is 2. The third-order valence-corrected chi connectivity index (χ3v) is 6.12. The van der Waals surface area contributed by atoms with Crippen molar-refractivity contribution in [2.45, 2.75) is 12.6 Å². The van der Waals surface area contributed by atoms with Crippen LogP contribution in [0.2, 0.25) is 0 Å². The average Bonchev–Trinajstić information content (AvgIpc) is 3.33. The molecule has 1 amide bonds. The molecule has 1 aliphatic heterocycles. The first kappa shape index (κ1) is 20.7. The highest BCUT2D eigenvalue weighted by atomic mass is 32.1. The van der Waals surface area contributed by atoms with Crippen LogP contribution >= 0.6 is 11.3 Å². The zero-order valence-electron chi connectivity index (χ0n) is 17.2. The highest BCUT2D eigenvalue weighted by Crippen LogP contribution is 2.27. The fourth-order valence-corrected chi connectivity index (χ4v) is 4.40. The number of pyridine rings is 1. The zero-order chi connectivity index (χ0) is 21.9. The minimum atomic E-state index is -0.264. The van der Waals surface area contributed by atoms with Crippen LogP contribution in [0, 0.1) is 5.82 Å². The number of hydrogen-bond donors (Lipinski definition) is 1. The molecule has 5 rings (SSSR count). The van der Waals surface area contributed by atoms with Crippen molar-refractivity contribution in [3.8, 4) is 0 Å². The smallest absolute Gasteiger partial charge is 0.258 e. The van der Waals surface area contributed by atoms with Crippen LogP contribution in [-0.2, 0) is 11.3 Å². The third kappa shape index (κ3) is 4.52. The summed E-state index contributed by atoms with van der Waals surface area (Å²) in [7, 11) is 0. The van der Waals surface area contributed by atoms with Gasteiger partial charge in [-0.3, -0.25) is 15.0 Å². The van der Waals surface area contributed by atoms with E-state index in [1.807, 2.05) is 35.7 Å². The Morgan fingerprint density at radius 1 is 1.22 bits per heavy atom. The van der Waals surface area contributed by atoms with Crippen LogP contribution in [0.15, 0.2) is 66.2 Å². The SMILES string of the molecule is O=C(Nc1nccs1)c1cc(C2CN(Cc3ccc(F)cc3)CCO2)nc2ccccc12. The van der Waals surface area contributed by atoms with E-state index in [1.165, 1.54) is 23.5 Å². The number of thiazole rings is 1. The van der Waals surface area contributed by atoms with Gasteiger partial charge in [0.2, 0.25) is 0 Å². The summed E-state index contributed by atoms with van der Waals surface area (Å²) >= 11 is 1.37. The molecule has 3 heterocycles. The van der Waals surface area contributed by atoms with Crippen molar-refractivity contribution < 1.29 is 13.9 Å². The predicted molar refractivity (Wildman–Crippen MR) is 122 cm³/mol. The molecule has 2 aromatic heterocycles. The van der Waals surface area contributed by atoms with Gasteiger partial charge in [-0.2, -0.15) is 0 Å². The van der Waals surface area contributed by atoms with Crippen LogP contribution in [0.5, 0.6) is 0 Å². The summed E-state index contributed by atoms with van der Waals surface area (Å²) in [6, 6.07) is 16.0. The minimum Gasteiger partial charge on any atom is -0.369 e. The van der Waals surface area contributed by atoms with Crippen molar-refractivity contribution in [2.24, 2.45) is 0 Å². The summed E-state index contributed by atoms with van der Waals surface area (Å²) in [4.78, 5) is 24.2. The molecule has 0 aliphatic carbocycles. The Hall–Kier alpha value is -3.20. The van der Waals surface area contributed by atoms with Gasteiger partial charge in [-0.25, -0.2) is 14.4 Å². The van der Waals surface area contributed by atoms with Crippen LogP contribution in [0.3, 0.4) is 0 Å². The number of amides is 1. The van der Waals surface area contributed by atoms with Gasteiger partial charge >= 0.3 is 0 Å². The lowest BCUT2D eigenvalue weighted by molar-refractivity contribution is -0.0348. The van der Waals surface area contributed by atoms with Gasteiger partial charge in [0, 0.05) is 36.6 Å². The van der Waals surface area contributed by atoms with Gasteiger partial charge in [0.05, 0.1) is 23.4 Å². The maximum Gasteiger partial charge on any atom is 0.258 e. The Morgan fingerprint density at radius 3 is 2.88 bits per heavy atom. The van der Waals surface area contributed by atoms with Gasteiger partial charge < -0.3 is 4.74 Å². The highest BCUT2D eigenvalue weighted by molar-refractivity contribution is 7.13. The molecule has 32 heavy (non-hydrogen) atoms. The quantitative estimate of drug-likeness (QED) is 0.481. The summed E-state index contributed by atoms with van der Waals surface area (Å²) in [6.07, 6.45) is 1.39. The molecule has 1 N–H and O–H groups in total. The standard InChI is InChI=1S/C24H21FN4O2S/c25-17-7-5-16(6-8-17)14-29-10-11-31-22(15-29)21-13-19(18-3-1-2-4-20(18)27-21)23(30)28-24-26-9-12-32-24/h1-9,12-13,22H,10-11,14-15H2,(H,26,28,30). The van der Waals surface area contributed by atoms with Crippen molar-refractivity contribution >= 4 is 33.3 Å². The first-order valence-corrected chi connectivity index (χ1v) is 11.2. The van der Waals surface area contributed by atoms with E-state index in [0.717, 1.165) is 28.7 Å². The maximum atomic E-state index is 13.2. The van der Waals surface area contributed by atoms with Crippen molar-refractivity contribution in [1.82, 2.24) is 14.9 Å². The van der Waals surface area contributed by atoms with Crippen molar-refractivity contribution in [1.29, 1.82) is 0 Å². The molecular weight excluding hydrogens is 427 g/mol. The molecule has 6 nitrogen and oxygen atoms in total. The number of hydrogen-bond acceptors (Lipinski definition) is 6. The molecule has 8 heteroatoms. The zero-order valence-corrected chi connectivity index (χ0v) is 18.0. The van der Waals surface area contributed by atoms with E-state index in [0.29, 0.717) is 30.4 Å². The maximum absolute atomic E-state index is 13.2. The molecular formula is C24H21FN4O2S. The van der Waals surface area contributed by atoms with E-state index in [1.54, 1.807) is 18.3 Å². The molecule has 1 aliphatic rings. The molecule has 4 aromatic rings. The molecule has 0 bridgehead atoms. The number of para-hydroxylation sites is 1. The van der Waals surface area contributed by atoms with Crippen LogP contribution < -0.4 is 5.32 Å². The lowest BCUT2D eigenvalue weighted by Gasteiger charge is -2.33. The van der Waals surface area contributed by atoms with E-state index in [2.05, 4.69) is 15.2 Å². The number of rotatable bonds is 5. The van der Waals surface area contributed by atoms with Crippen LogP contribution in [0.1, 0.15) is 27.7 Å². The molecule has 2 aromatic carbocycles. The summed E-state index contributed by atoms with van der Waals surface area (Å²) in [5, 5.41) is 6.02. The number of nitrogens with zero attached hydrogens (tertiary/aromatic N) is 3. The van der Waals surface area contributed by atoms with Gasteiger partial charge in [0.1, 0.15) is 11.9 Å². The third-order valence-electron chi connectivity index (χ3n) is 5.43. The van der Waals surface area contributed by atoms with E-state index in [9.17, 15) is 9.18 Å². The summed E-state index contributed by atoms with van der Waals surface area (Å²) in [6.45, 7) is 2.67. The second-order valence-corrected chi connectivity index (χ2v) is 8.52. The lowest BCUT2D eigenvalue weighted by Crippen LogP contribution is -2.38. The second-order valence-electron chi connectivity index (χ2n) is 7.62. The van der Waals surface area contributed by atoms with E-state index < -0.39 is 0 Å². The average molecular weight is 449 g/mol. The number of benzene rings is 2. The normalized spacial score (nSPS) is 16.8. The highest BCUT2D eigenvalue weighted by Gasteiger charge is 2.25. The first-order chi connectivity index (χ1) is 15.7. The molecule has 162 valence electrons. The molecule has 1 saturated heterocycles. The Kier molecular flexibility index (Phi) is 5.89. The van der Waals surface area contributed by atoms with Gasteiger partial charge in [0.25, 0.3) is 5.91 Å². The van der Waals surface area contributed by atoms with Gasteiger partial charge in [0.15, 0.2) is 5.13 Å². The number of carbonyl (C=O) groups excluding carboxylic acids is 1. The molecule has 0 spiro atoms. The molecule has 0 radical (unpaired) electrons. The fourth-order valence-electron chi connectivity index (χ4n) is 3.87. The van der Waals surface area contributed by atoms with E-state index in [-0.39, 0.29) is 17.8 Å². The van der Waals surface area contributed by atoms with Gasteiger partial charge in [-0.05, 0) is 29.8 Å². The Labute approximate surface area is 188 Å². The number of ether oxygens (including phenoxy) is 1. The largest absolute Gasteiger partial charge is 0.369 e. The monoisotopic (exact) mass is 448 g/mol. The molecule has 1 atom stereocenters. The van der Waals surface area contributed by atoms with Crippen LogP contribution in [-0.4, -0.2) is 40.5 Å². The molecule has 1 fully saturated rings. The van der Waals surface area contributed by atoms with Crippen LogP contribution in [0.4, 0.5) is 9.52 Å². The lowest BCUT2D eigenvalue weighted by atomic mass is 10.0. The van der Waals surface area contributed by atoms with Crippen LogP contribution in [0.25, 0.3) is 10.9 Å². The Morgan fingerprint density at radius 2 is 2.06 bits per heavy atom. The Balaban J connectivity index is 1.41. The van der Waals surface area contributed by atoms with Gasteiger partial charge in [-0.15, -0.1) is 11.3 Å². The van der Waals surface area contributed by atoms with E-state index in [4.69, 9.17) is 9.72 Å². The topological polar surface area (TPSA) is 67.4 Å². The summed E-state index contributed by atoms with van der Waals surface area (Å²) in [5.41, 5.74) is 3.05. The second kappa shape index (κ2) is 9.12. The number of morpholine rings is 1. The number of nitrogens with one attached hydrogen (secondary N) is 1. The minimum absolute atomic E-state index is 0.223. The Bertz CT molecular complexity index is 1230.